The Kier molecular flexibility index (Phi) is 55.1. The number of carbonyl (C=O) groups excluding carboxylic acids is 9. The Morgan fingerprint density at radius 3 is 1.57 bits per heavy atom. The van der Waals surface area contributed by atoms with E-state index >= 15 is 0 Å². The Labute approximate surface area is 803 Å². The molecule has 758 valence electrons. The smallest absolute Gasteiger partial charge is 0.403 e. The van der Waals surface area contributed by atoms with E-state index in [9.17, 15) is 111 Å². The molecular weight excluding hydrogens is 1940 g/mol. The zero-order chi connectivity index (χ0) is 100. The van der Waals surface area contributed by atoms with Gasteiger partial charge in [-0.05, 0) is 142 Å². The zero-order valence-corrected chi connectivity index (χ0v) is 79.2. The summed E-state index contributed by atoms with van der Waals surface area (Å²) in [6.07, 6.45) is 0.896. The van der Waals surface area contributed by atoms with Crippen LogP contribution in [0.2, 0.25) is 0 Å². The van der Waals surface area contributed by atoms with Gasteiger partial charge in [0.25, 0.3) is 0 Å². The summed E-state index contributed by atoms with van der Waals surface area (Å²) in [4.78, 5) is 227. The third-order valence-electron chi connectivity index (χ3n) is 20.9. The second kappa shape index (κ2) is 65.2. The largest absolute Gasteiger partial charge is 0.481 e. The van der Waals surface area contributed by atoms with Gasteiger partial charge in [0.2, 0.25) is 53.2 Å². The van der Waals surface area contributed by atoms with Crippen LogP contribution in [0.5, 0.6) is 0 Å². The Morgan fingerprint density at radius 1 is 0.431 bits per heavy atom. The van der Waals surface area contributed by atoms with Crippen molar-refractivity contribution in [2.24, 2.45) is 0 Å². The van der Waals surface area contributed by atoms with E-state index in [0.29, 0.717) is 92.8 Å². The molecule has 0 fully saturated rings. The molecule has 0 saturated heterocycles. The SMILES string of the molecule is O=C(O)CNCCN(CCN(CCNCC(=O)O)CC(=O)NCn1nnc2c1-c1ccccc1CN(C(=O)CCC(=O)NCCOCCOCCCCOCCCC(=O)NC(CCC(=O)NCCCCCC(=O)N[C@@H](CCC(=O)N[C@@H](CCCOP(=O)(O)N[C@@H](CC(=O)O)C(=O)O)C(=O)O)C(=O)O)C(=O)NC(CCCCNC(=O)CCCc1ccc(I)cc1)C(=O)O)c1ccccc1-2)CC(=O)O. The van der Waals surface area contributed by atoms with Crippen LogP contribution in [0.1, 0.15) is 152 Å². The Bertz CT molecular complexity index is 4650. The number of nitrogens with zero attached hydrogens (tertiary/aromatic N) is 6. The van der Waals surface area contributed by atoms with Crippen molar-refractivity contribution >= 4 is 137 Å². The van der Waals surface area contributed by atoms with E-state index in [4.69, 9.17) is 39.2 Å². The molecule has 0 aliphatic carbocycles. The lowest BCUT2D eigenvalue weighted by Crippen LogP contribution is -2.52. The van der Waals surface area contributed by atoms with Crippen molar-refractivity contribution in [2.45, 2.75) is 191 Å². The molecule has 1 aliphatic rings. The highest BCUT2D eigenvalue weighted by Gasteiger charge is 2.34. The molecule has 137 heavy (non-hydrogen) atoms. The molecule has 2 heterocycles. The van der Waals surface area contributed by atoms with E-state index in [0.717, 1.165) is 21.1 Å². The van der Waals surface area contributed by atoms with Gasteiger partial charge in [-0.3, -0.25) is 81.4 Å². The number of carboxylic acids is 8. The van der Waals surface area contributed by atoms with Crippen molar-refractivity contribution in [1.29, 1.82) is 0 Å². The number of anilines is 1. The number of amides is 9. The number of benzene rings is 3. The first-order chi connectivity index (χ1) is 65.5. The first-order valence-corrected chi connectivity index (χ1v) is 47.7. The van der Waals surface area contributed by atoms with Crippen LogP contribution in [0, 0.1) is 3.57 Å². The number of para-hydroxylation sites is 1. The lowest BCUT2D eigenvalue weighted by atomic mass is 9.95. The quantitative estimate of drug-likeness (QED) is 0.0165. The minimum absolute atomic E-state index is 0.0194. The number of unbranched alkanes of at least 4 members (excludes halogenated alkanes) is 4. The van der Waals surface area contributed by atoms with Gasteiger partial charge in [0.1, 0.15) is 42.6 Å². The number of aliphatic carboxylic acids is 8. The predicted molar refractivity (Wildman–Crippen MR) is 496 cm³/mol. The third-order valence-corrected chi connectivity index (χ3v) is 22.8. The zero-order valence-electron chi connectivity index (χ0n) is 76.1. The number of aromatic nitrogens is 3. The summed E-state index contributed by atoms with van der Waals surface area (Å²) in [6, 6.07) is 14.5. The topological polar surface area (TPSA) is 699 Å². The van der Waals surface area contributed by atoms with Gasteiger partial charge in [-0.1, -0.05) is 66.2 Å². The molecule has 5 rings (SSSR count). The van der Waals surface area contributed by atoms with E-state index in [1.165, 1.54) is 4.68 Å². The number of aryl methyl sites for hydroxylation is 1. The van der Waals surface area contributed by atoms with Crippen molar-refractivity contribution in [3.8, 4) is 22.5 Å². The van der Waals surface area contributed by atoms with E-state index in [1.54, 1.807) is 44.1 Å². The van der Waals surface area contributed by atoms with Gasteiger partial charge in [-0.25, -0.2) is 28.7 Å². The van der Waals surface area contributed by atoms with Crippen LogP contribution in [-0.4, -0.2) is 333 Å². The van der Waals surface area contributed by atoms with Crippen molar-refractivity contribution in [3.05, 3.63) is 87.5 Å². The highest BCUT2D eigenvalue weighted by molar-refractivity contribution is 14.1. The van der Waals surface area contributed by atoms with Crippen molar-refractivity contribution in [3.63, 3.8) is 0 Å². The number of hydrogen-bond donors (Lipinski definition) is 20. The summed E-state index contributed by atoms with van der Waals surface area (Å²) in [5.41, 5.74) is 4.55. The lowest BCUT2D eigenvalue weighted by Gasteiger charge is -2.28. The van der Waals surface area contributed by atoms with Gasteiger partial charge in [0, 0.05) is 138 Å². The Morgan fingerprint density at radius 2 is 0.942 bits per heavy atom. The molecule has 20 N–H and O–H groups in total. The van der Waals surface area contributed by atoms with Gasteiger partial charge < -0.3 is 118 Å². The summed E-state index contributed by atoms with van der Waals surface area (Å²) < 4.78 is 36.7. The summed E-state index contributed by atoms with van der Waals surface area (Å²) in [5, 5.41) is 112. The second-order valence-corrected chi connectivity index (χ2v) is 34.7. The summed E-state index contributed by atoms with van der Waals surface area (Å²) in [6.45, 7) is 1.41. The van der Waals surface area contributed by atoms with Crippen molar-refractivity contribution in [2.75, 3.05) is 136 Å². The fraction of sp³-hybridized carbons (Fsp3) is 0.575. The summed E-state index contributed by atoms with van der Waals surface area (Å²) in [5.74, 6) is -15.9. The van der Waals surface area contributed by atoms with Crippen LogP contribution in [-0.2, 0) is 124 Å². The Hall–Kier alpha value is -11.7. The molecule has 1 aromatic heterocycles. The number of halogens is 1. The number of fused-ring (bicyclic) bond motifs is 5. The number of ether oxygens (including phenoxy) is 3. The second-order valence-electron chi connectivity index (χ2n) is 31.9. The van der Waals surface area contributed by atoms with Crippen LogP contribution in [0.25, 0.3) is 22.5 Å². The highest BCUT2D eigenvalue weighted by Crippen LogP contribution is 2.42. The van der Waals surface area contributed by atoms with E-state index < -0.39 is 147 Å². The number of carbonyl (C=O) groups is 17. The van der Waals surface area contributed by atoms with Gasteiger partial charge in [0.05, 0.1) is 77.0 Å². The van der Waals surface area contributed by atoms with Gasteiger partial charge in [-0.15, -0.1) is 5.10 Å². The van der Waals surface area contributed by atoms with Crippen LogP contribution >= 0.6 is 30.3 Å². The molecule has 50 heteroatoms. The third kappa shape index (κ3) is 49.3. The number of hydrogen-bond acceptors (Lipinski definition) is 28. The number of carboxylic acid groups (broad SMARTS) is 8. The maximum atomic E-state index is 14.2. The molecular formula is C87H127IN17O31P. The molecule has 0 saturated carbocycles. The molecule has 0 radical (unpaired) electrons. The monoisotopic (exact) mass is 2060 g/mol. The van der Waals surface area contributed by atoms with Crippen LogP contribution in [0.4, 0.5) is 5.69 Å². The molecule has 3 aromatic carbocycles. The maximum absolute atomic E-state index is 14.2. The van der Waals surface area contributed by atoms with Crippen LogP contribution in [0.3, 0.4) is 0 Å². The normalized spacial score (nSPS) is 13.1. The Balaban J connectivity index is 1.000. The van der Waals surface area contributed by atoms with Gasteiger partial charge in [0.15, 0.2) is 0 Å². The first-order valence-electron chi connectivity index (χ1n) is 45.0. The number of rotatable bonds is 76. The first kappa shape index (κ1) is 116. The fourth-order valence-electron chi connectivity index (χ4n) is 13.9. The maximum Gasteiger partial charge on any atom is 0.403 e. The molecule has 0 bridgehead atoms. The van der Waals surface area contributed by atoms with Crippen molar-refractivity contribution < 1.29 is 151 Å². The molecule has 9 amide bonds. The minimum atomic E-state index is -4.88. The molecule has 48 nitrogen and oxygen atoms in total. The van der Waals surface area contributed by atoms with E-state index in [1.807, 2.05) is 48.5 Å². The summed E-state index contributed by atoms with van der Waals surface area (Å²) in [7, 11) is -4.88. The molecule has 3 unspecified atom stereocenters. The molecule has 0 spiro atoms. The van der Waals surface area contributed by atoms with Crippen molar-refractivity contribution in [1.82, 2.24) is 83.0 Å². The standard InChI is InChI=1S/C87H127IN17O31P/c88-60-27-25-58(26-28-60)15-12-23-69(106)91-36-9-7-19-65(85(125)126)98-83(122)63(29-31-70(107)92-35-8-1-2-22-72(109)97-66(86(127)128)30-32-74(111)96-64(84(123)124)20-13-47-136-137(131,132)100-67(87(129)130)51-77(114)115)95-73(110)24-14-46-133-44-10-11-45-134-49-50-135-48-39-93-71(108)33-34-76(113)104-54-59-16-3-4-17-61(59)82-81(62-18-5-6-21-68(62)104)99-101-105(82)57-94-75(112)55-102(40-37-89-52-78(116)117)42-43-103(56-80(120)121)41-38-90-53-79(118)119/h3-6,16-18,21,25-28,63-67,89-90H,1-2,7-15,19-20,22-24,29-57H2,(H,91,106)(H,92,107)(H,93,108)(H,94,112)(H,95,110)(H,96,111)(H,97,109)(H,98,122)(H,114,115)(H,116,117)(H,118,119)(H,120,121)(H,123,124)(H,125,126)(H,127,128)(H,129,130)(H2,100,131,132)/t63?,64-,65?,66-,67-/m0/s1. The molecule has 1 aliphatic heterocycles. The highest BCUT2D eigenvalue weighted by atomic mass is 127. The average molecular weight is 2060 g/mol. The summed E-state index contributed by atoms with van der Waals surface area (Å²) >= 11 is 2.21. The molecule has 6 atom stereocenters. The predicted octanol–water partition coefficient (Wildman–Crippen LogP) is 0.835. The van der Waals surface area contributed by atoms with Crippen LogP contribution in [0.15, 0.2) is 72.8 Å². The van der Waals surface area contributed by atoms with E-state index in [-0.39, 0.29) is 213 Å². The fourth-order valence-corrected chi connectivity index (χ4v) is 15.3. The van der Waals surface area contributed by atoms with E-state index in [2.05, 4.69) is 86.1 Å². The molecule has 4 aromatic rings. The lowest BCUT2D eigenvalue weighted by molar-refractivity contribution is -0.145. The number of nitrogens with one attached hydrogen (secondary N) is 11. The van der Waals surface area contributed by atoms with Gasteiger partial charge >= 0.3 is 55.5 Å². The van der Waals surface area contributed by atoms with Crippen LogP contribution < -0.4 is 63.2 Å². The average Bonchev–Trinajstić information content (AvgIpc) is 1.67. The van der Waals surface area contributed by atoms with Gasteiger partial charge in [-0.2, -0.15) is 0 Å². The minimum Gasteiger partial charge on any atom is -0.481 e.